The van der Waals surface area contributed by atoms with Gasteiger partial charge >= 0.3 is 0 Å². The molecule has 4 nitrogen and oxygen atoms in total. The molecule has 1 aromatic carbocycles. The first kappa shape index (κ1) is 13.6. The average molecular weight is 381 g/mol. The highest BCUT2D eigenvalue weighted by Gasteiger charge is 2.28. The van der Waals surface area contributed by atoms with Crippen molar-refractivity contribution in [3.63, 3.8) is 0 Å². The minimum atomic E-state index is 0.580. The summed E-state index contributed by atoms with van der Waals surface area (Å²) in [5.41, 5.74) is 8.27. The van der Waals surface area contributed by atoms with Crippen molar-refractivity contribution in [2.24, 2.45) is 0 Å². The van der Waals surface area contributed by atoms with E-state index in [4.69, 9.17) is 15.5 Å². The van der Waals surface area contributed by atoms with Gasteiger partial charge in [0.25, 0.3) is 0 Å². The SMILES string of the molecule is COc1cccc(Cc2nc(N)c(I)c(C3CC3)n2)c1. The first-order chi connectivity index (χ1) is 9.67. The zero-order valence-corrected chi connectivity index (χ0v) is 13.4. The number of nitrogen functional groups attached to an aromatic ring is 1. The summed E-state index contributed by atoms with van der Waals surface area (Å²) < 4.78 is 6.25. The summed E-state index contributed by atoms with van der Waals surface area (Å²) in [6, 6.07) is 7.97. The predicted octanol–water partition coefficient (Wildman–Crippen LogP) is 3.14. The quantitative estimate of drug-likeness (QED) is 0.827. The maximum Gasteiger partial charge on any atom is 0.140 e. The molecule has 0 radical (unpaired) electrons. The van der Waals surface area contributed by atoms with Crippen molar-refractivity contribution in [3.8, 4) is 5.75 Å². The molecule has 2 N–H and O–H groups in total. The Kier molecular flexibility index (Phi) is 3.78. The van der Waals surface area contributed by atoms with Crippen molar-refractivity contribution in [1.82, 2.24) is 9.97 Å². The van der Waals surface area contributed by atoms with Crippen LogP contribution in [0.25, 0.3) is 0 Å². The molecule has 1 aromatic heterocycles. The minimum Gasteiger partial charge on any atom is -0.497 e. The van der Waals surface area contributed by atoms with Crippen LogP contribution >= 0.6 is 22.6 Å². The Labute approximate surface area is 131 Å². The van der Waals surface area contributed by atoms with Crippen molar-refractivity contribution >= 4 is 28.4 Å². The van der Waals surface area contributed by atoms with Gasteiger partial charge < -0.3 is 10.5 Å². The fourth-order valence-electron chi connectivity index (χ4n) is 2.20. The van der Waals surface area contributed by atoms with Gasteiger partial charge in [0.15, 0.2) is 0 Å². The molecule has 1 aliphatic carbocycles. The number of aromatic nitrogens is 2. The van der Waals surface area contributed by atoms with Gasteiger partial charge in [0, 0.05) is 12.3 Å². The summed E-state index contributed by atoms with van der Waals surface area (Å²) in [6.07, 6.45) is 3.11. The molecule has 20 heavy (non-hydrogen) atoms. The van der Waals surface area contributed by atoms with Crippen LogP contribution in [-0.2, 0) is 6.42 Å². The maximum atomic E-state index is 6.01. The van der Waals surface area contributed by atoms with Gasteiger partial charge in [0.1, 0.15) is 17.4 Å². The highest BCUT2D eigenvalue weighted by Crippen LogP contribution is 2.41. The lowest BCUT2D eigenvalue weighted by Crippen LogP contribution is -2.07. The molecule has 1 saturated carbocycles. The number of halogens is 1. The van der Waals surface area contributed by atoms with Crippen LogP contribution in [-0.4, -0.2) is 17.1 Å². The van der Waals surface area contributed by atoms with Crippen LogP contribution in [0.15, 0.2) is 24.3 Å². The topological polar surface area (TPSA) is 61.0 Å². The van der Waals surface area contributed by atoms with Crippen molar-refractivity contribution in [3.05, 3.63) is 44.9 Å². The summed E-state index contributed by atoms with van der Waals surface area (Å²) in [4.78, 5) is 9.12. The molecule has 3 rings (SSSR count). The molecular formula is C15H16IN3O. The van der Waals surface area contributed by atoms with Crippen LogP contribution in [0.5, 0.6) is 5.75 Å². The van der Waals surface area contributed by atoms with Crippen LogP contribution in [0.2, 0.25) is 0 Å². The van der Waals surface area contributed by atoms with Crippen molar-refractivity contribution in [1.29, 1.82) is 0 Å². The predicted molar refractivity (Wildman–Crippen MR) is 86.9 cm³/mol. The van der Waals surface area contributed by atoms with Gasteiger partial charge in [-0.1, -0.05) is 12.1 Å². The first-order valence-electron chi connectivity index (χ1n) is 6.62. The van der Waals surface area contributed by atoms with Crippen LogP contribution in [0.4, 0.5) is 5.82 Å². The number of rotatable bonds is 4. The number of benzene rings is 1. The lowest BCUT2D eigenvalue weighted by atomic mass is 10.1. The van der Waals surface area contributed by atoms with Crippen LogP contribution < -0.4 is 10.5 Å². The lowest BCUT2D eigenvalue weighted by molar-refractivity contribution is 0.414. The maximum absolute atomic E-state index is 6.01. The second kappa shape index (κ2) is 5.55. The summed E-state index contributed by atoms with van der Waals surface area (Å²) >= 11 is 2.25. The van der Waals surface area contributed by atoms with Gasteiger partial charge in [0.05, 0.1) is 16.4 Å². The number of nitrogens with zero attached hydrogens (tertiary/aromatic N) is 2. The summed E-state index contributed by atoms with van der Waals surface area (Å²) in [5, 5.41) is 0. The van der Waals surface area contributed by atoms with Gasteiger partial charge in [-0.2, -0.15) is 0 Å². The normalized spacial score (nSPS) is 14.3. The fraction of sp³-hybridized carbons (Fsp3) is 0.333. The van der Waals surface area contributed by atoms with Gasteiger partial charge in [-0.25, -0.2) is 9.97 Å². The molecule has 0 atom stereocenters. The minimum absolute atomic E-state index is 0.580. The summed E-state index contributed by atoms with van der Waals surface area (Å²) in [6.45, 7) is 0. The molecule has 1 aliphatic rings. The lowest BCUT2D eigenvalue weighted by Gasteiger charge is -2.09. The Bertz CT molecular complexity index is 641. The summed E-state index contributed by atoms with van der Waals surface area (Å²) in [7, 11) is 1.67. The van der Waals surface area contributed by atoms with E-state index in [-0.39, 0.29) is 0 Å². The van der Waals surface area contributed by atoms with E-state index < -0.39 is 0 Å². The molecule has 1 fully saturated rings. The first-order valence-corrected chi connectivity index (χ1v) is 7.70. The van der Waals surface area contributed by atoms with E-state index in [1.165, 1.54) is 12.8 Å². The molecule has 0 saturated heterocycles. The summed E-state index contributed by atoms with van der Waals surface area (Å²) in [5.74, 6) is 2.82. The molecular weight excluding hydrogens is 365 g/mol. The van der Waals surface area contributed by atoms with E-state index in [2.05, 4.69) is 33.6 Å². The van der Waals surface area contributed by atoms with Crippen LogP contribution in [0, 0.1) is 3.57 Å². The number of anilines is 1. The van der Waals surface area contributed by atoms with E-state index >= 15 is 0 Å². The smallest absolute Gasteiger partial charge is 0.140 e. The third-order valence-corrected chi connectivity index (χ3v) is 4.51. The second-order valence-corrected chi connectivity index (χ2v) is 6.11. The molecule has 5 heteroatoms. The third kappa shape index (κ3) is 2.87. The Hall–Kier alpha value is -1.37. The zero-order valence-electron chi connectivity index (χ0n) is 11.3. The van der Waals surface area contributed by atoms with Gasteiger partial charge in [-0.15, -0.1) is 0 Å². The largest absolute Gasteiger partial charge is 0.497 e. The molecule has 0 spiro atoms. The van der Waals surface area contributed by atoms with Gasteiger partial charge in [-0.3, -0.25) is 0 Å². The third-order valence-electron chi connectivity index (χ3n) is 3.41. The molecule has 0 bridgehead atoms. The van der Waals surface area contributed by atoms with Gasteiger partial charge in [0.2, 0.25) is 0 Å². The number of methoxy groups -OCH3 is 1. The Morgan fingerprint density at radius 2 is 2.15 bits per heavy atom. The van der Waals surface area contributed by atoms with Crippen molar-refractivity contribution < 1.29 is 4.74 Å². The monoisotopic (exact) mass is 381 g/mol. The Morgan fingerprint density at radius 1 is 1.35 bits per heavy atom. The van der Waals surface area contributed by atoms with Crippen molar-refractivity contribution in [2.45, 2.75) is 25.2 Å². The van der Waals surface area contributed by atoms with E-state index in [9.17, 15) is 0 Å². The Balaban J connectivity index is 1.90. The Morgan fingerprint density at radius 3 is 2.85 bits per heavy atom. The average Bonchev–Trinajstić information content (AvgIpc) is 3.27. The molecule has 1 heterocycles. The van der Waals surface area contributed by atoms with Crippen molar-refractivity contribution in [2.75, 3.05) is 12.8 Å². The van der Waals surface area contributed by atoms with E-state index in [0.717, 1.165) is 26.4 Å². The highest BCUT2D eigenvalue weighted by molar-refractivity contribution is 14.1. The van der Waals surface area contributed by atoms with E-state index in [0.29, 0.717) is 18.2 Å². The molecule has 104 valence electrons. The van der Waals surface area contributed by atoms with Gasteiger partial charge in [-0.05, 0) is 53.1 Å². The number of hydrogen-bond donors (Lipinski definition) is 1. The molecule has 2 aromatic rings. The zero-order chi connectivity index (χ0) is 14.1. The molecule has 0 unspecified atom stereocenters. The van der Waals surface area contributed by atoms with Crippen LogP contribution in [0.1, 0.15) is 35.8 Å². The van der Waals surface area contributed by atoms with E-state index in [1.54, 1.807) is 7.11 Å². The highest BCUT2D eigenvalue weighted by atomic mass is 127. The van der Waals surface area contributed by atoms with E-state index in [1.807, 2.05) is 18.2 Å². The number of nitrogens with two attached hydrogens (primary N) is 1. The molecule has 0 amide bonds. The number of ether oxygens (including phenoxy) is 1. The standard InChI is InChI=1S/C15H16IN3O/c1-20-11-4-2-3-9(7-11)8-12-18-14(10-5-6-10)13(16)15(17)19-12/h2-4,7,10H,5-6,8H2,1H3,(H2,17,18,19). The van der Waals surface area contributed by atoms with Crippen LogP contribution in [0.3, 0.4) is 0 Å². The number of hydrogen-bond acceptors (Lipinski definition) is 4. The fourth-order valence-corrected chi connectivity index (χ4v) is 2.89. The second-order valence-electron chi connectivity index (χ2n) is 5.03. The molecule has 0 aliphatic heterocycles.